The first-order valence-electron chi connectivity index (χ1n) is 6.74. The van der Waals surface area contributed by atoms with Crippen LogP contribution in [0.25, 0.3) is 0 Å². The summed E-state index contributed by atoms with van der Waals surface area (Å²) in [4.78, 5) is 12.0. The number of amides is 1. The summed E-state index contributed by atoms with van der Waals surface area (Å²) in [6, 6.07) is -0.266. The number of aliphatic hydroxyl groups is 1. The minimum Gasteiger partial charge on any atom is -0.395 e. The molecular formula is C13H24N4O2. The van der Waals surface area contributed by atoms with E-state index < -0.39 is 0 Å². The Balaban J connectivity index is 2.71. The number of carbonyl (C=O) groups is 1. The van der Waals surface area contributed by atoms with E-state index in [1.54, 1.807) is 0 Å². The van der Waals surface area contributed by atoms with E-state index in [2.05, 4.69) is 15.5 Å². The predicted molar refractivity (Wildman–Crippen MR) is 74.8 cm³/mol. The van der Waals surface area contributed by atoms with Gasteiger partial charge in [0.2, 0.25) is 0 Å². The number of hydrogen-bond acceptors (Lipinski definition) is 4. The number of aromatic nitrogens is 2. The Morgan fingerprint density at radius 1 is 1.53 bits per heavy atom. The van der Waals surface area contributed by atoms with E-state index in [0.717, 1.165) is 18.5 Å². The van der Waals surface area contributed by atoms with Crippen LogP contribution in [0.2, 0.25) is 0 Å². The van der Waals surface area contributed by atoms with Gasteiger partial charge in [-0.15, -0.1) is 0 Å². The normalized spacial score (nSPS) is 12.7. The number of anilines is 1. The van der Waals surface area contributed by atoms with E-state index in [1.165, 1.54) is 0 Å². The number of nitrogens with zero attached hydrogens (tertiary/aromatic N) is 1. The highest BCUT2D eigenvalue weighted by Gasteiger charge is 2.20. The van der Waals surface area contributed by atoms with Crippen molar-refractivity contribution < 1.29 is 9.90 Å². The Morgan fingerprint density at radius 2 is 2.21 bits per heavy atom. The second-order valence-corrected chi connectivity index (χ2v) is 5.20. The van der Waals surface area contributed by atoms with Gasteiger partial charge in [0.1, 0.15) is 0 Å². The van der Waals surface area contributed by atoms with Gasteiger partial charge in [0.25, 0.3) is 5.91 Å². The van der Waals surface area contributed by atoms with Gasteiger partial charge in [0.15, 0.2) is 5.69 Å². The lowest BCUT2D eigenvalue weighted by Gasteiger charge is -2.17. The van der Waals surface area contributed by atoms with Gasteiger partial charge in [0, 0.05) is 0 Å². The lowest BCUT2D eigenvalue weighted by Crippen LogP contribution is -2.38. The van der Waals surface area contributed by atoms with Crippen LogP contribution in [0, 0.1) is 5.92 Å². The van der Waals surface area contributed by atoms with Gasteiger partial charge >= 0.3 is 0 Å². The average molecular weight is 268 g/mol. The molecule has 0 fully saturated rings. The van der Waals surface area contributed by atoms with E-state index in [9.17, 15) is 9.90 Å². The first-order chi connectivity index (χ1) is 8.99. The van der Waals surface area contributed by atoms with Gasteiger partial charge in [0.05, 0.1) is 24.0 Å². The van der Waals surface area contributed by atoms with Gasteiger partial charge in [-0.1, -0.05) is 27.2 Å². The van der Waals surface area contributed by atoms with Crippen molar-refractivity contribution in [2.75, 3.05) is 12.3 Å². The van der Waals surface area contributed by atoms with Crippen LogP contribution in [-0.2, 0) is 6.42 Å². The third-order valence-electron chi connectivity index (χ3n) is 2.91. The number of aryl methyl sites for hydroxylation is 1. The van der Waals surface area contributed by atoms with Crippen molar-refractivity contribution in [3.63, 3.8) is 0 Å². The van der Waals surface area contributed by atoms with Crippen molar-refractivity contribution in [1.82, 2.24) is 15.5 Å². The molecule has 0 aliphatic heterocycles. The maximum atomic E-state index is 12.0. The van der Waals surface area contributed by atoms with Gasteiger partial charge in [-0.3, -0.25) is 9.89 Å². The summed E-state index contributed by atoms with van der Waals surface area (Å²) < 4.78 is 0. The van der Waals surface area contributed by atoms with E-state index in [1.807, 2.05) is 20.8 Å². The molecule has 0 saturated heterocycles. The third-order valence-corrected chi connectivity index (χ3v) is 2.91. The number of H-pyrrole nitrogens is 1. The van der Waals surface area contributed by atoms with Crippen LogP contribution in [0.1, 0.15) is 49.8 Å². The Hall–Kier alpha value is -1.56. The molecule has 1 aromatic heterocycles. The molecule has 0 bridgehead atoms. The molecule has 1 rings (SSSR count). The third kappa shape index (κ3) is 4.24. The summed E-state index contributed by atoms with van der Waals surface area (Å²) in [6.45, 7) is 6.02. The van der Waals surface area contributed by atoms with Crippen molar-refractivity contribution in [1.29, 1.82) is 0 Å². The first kappa shape index (κ1) is 15.5. The van der Waals surface area contributed by atoms with Crippen LogP contribution in [0.5, 0.6) is 0 Å². The lowest BCUT2D eigenvalue weighted by atomic mass is 10.0. The molecule has 0 aliphatic rings. The highest BCUT2D eigenvalue weighted by atomic mass is 16.3. The van der Waals surface area contributed by atoms with Crippen LogP contribution in [0.3, 0.4) is 0 Å². The minimum absolute atomic E-state index is 0.0872. The molecule has 6 nitrogen and oxygen atoms in total. The largest absolute Gasteiger partial charge is 0.395 e. The molecule has 1 unspecified atom stereocenters. The number of nitrogens with two attached hydrogens (primary N) is 1. The van der Waals surface area contributed by atoms with E-state index in [0.29, 0.717) is 18.0 Å². The van der Waals surface area contributed by atoms with Gasteiger partial charge in [-0.2, -0.15) is 5.10 Å². The summed E-state index contributed by atoms with van der Waals surface area (Å²) in [5.74, 6) is 0.0560. The fraction of sp³-hybridized carbons (Fsp3) is 0.692. The number of hydrogen-bond donors (Lipinski definition) is 4. The molecule has 0 saturated carbocycles. The summed E-state index contributed by atoms with van der Waals surface area (Å²) >= 11 is 0. The number of aliphatic hydroxyl groups excluding tert-OH is 1. The first-order valence-corrected chi connectivity index (χ1v) is 6.74. The molecule has 19 heavy (non-hydrogen) atoms. The molecule has 0 aromatic carbocycles. The van der Waals surface area contributed by atoms with Gasteiger partial charge < -0.3 is 16.2 Å². The summed E-state index contributed by atoms with van der Waals surface area (Å²) in [7, 11) is 0. The predicted octanol–water partition coefficient (Wildman–Crippen LogP) is 1.08. The van der Waals surface area contributed by atoms with Crippen molar-refractivity contribution in [3.05, 3.63) is 11.4 Å². The second-order valence-electron chi connectivity index (χ2n) is 5.20. The summed E-state index contributed by atoms with van der Waals surface area (Å²) in [5, 5.41) is 18.8. The molecule has 0 radical (unpaired) electrons. The fourth-order valence-electron chi connectivity index (χ4n) is 2.00. The molecule has 1 amide bonds. The number of aromatic amines is 1. The van der Waals surface area contributed by atoms with Gasteiger partial charge in [-0.05, 0) is 18.8 Å². The topological polar surface area (TPSA) is 104 Å². The van der Waals surface area contributed by atoms with Crippen molar-refractivity contribution in [2.24, 2.45) is 5.92 Å². The smallest absolute Gasteiger partial charge is 0.274 e. The van der Waals surface area contributed by atoms with E-state index >= 15 is 0 Å². The van der Waals surface area contributed by atoms with Crippen LogP contribution in [0.4, 0.5) is 5.69 Å². The SMILES string of the molecule is CCCc1[nH]nc(C(=O)NC(CO)CC(C)C)c1N. The molecule has 1 atom stereocenters. The molecule has 6 heteroatoms. The molecule has 5 N–H and O–H groups in total. The monoisotopic (exact) mass is 268 g/mol. The molecule has 0 aliphatic carbocycles. The van der Waals surface area contributed by atoms with E-state index in [-0.39, 0.29) is 24.2 Å². The standard InChI is InChI=1S/C13H24N4O2/c1-4-5-10-11(14)12(17-16-10)13(19)15-9(7-18)6-8(2)3/h8-9,18H,4-7,14H2,1-3H3,(H,15,19)(H,16,17). The molecule has 1 heterocycles. The fourth-order valence-corrected chi connectivity index (χ4v) is 2.00. The number of nitrogens with one attached hydrogen (secondary N) is 2. The molecular weight excluding hydrogens is 244 g/mol. The Bertz CT molecular complexity index is 415. The molecule has 1 aromatic rings. The summed E-state index contributed by atoms with van der Waals surface area (Å²) in [5.41, 5.74) is 7.30. The Labute approximate surface area is 113 Å². The average Bonchev–Trinajstić information content (AvgIpc) is 2.70. The number of carbonyl (C=O) groups excluding carboxylic acids is 1. The van der Waals surface area contributed by atoms with Crippen molar-refractivity contribution >= 4 is 11.6 Å². The second kappa shape index (κ2) is 7.13. The Morgan fingerprint density at radius 3 is 2.74 bits per heavy atom. The highest BCUT2D eigenvalue weighted by molar-refractivity contribution is 5.97. The van der Waals surface area contributed by atoms with Crippen LogP contribution in [0.15, 0.2) is 0 Å². The molecule has 108 valence electrons. The quantitative estimate of drug-likeness (QED) is 0.594. The number of nitrogen functional groups attached to an aromatic ring is 1. The van der Waals surface area contributed by atoms with Gasteiger partial charge in [-0.25, -0.2) is 0 Å². The summed E-state index contributed by atoms with van der Waals surface area (Å²) in [6.07, 6.45) is 2.41. The van der Waals surface area contributed by atoms with Crippen molar-refractivity contribution in [2.45, 2.75) is 46.1 Å². The van der Waals surface area contributed by atoms with Crippen molar-refractivity contribution in [3.8, 4) is 0 Å². The Kier molecular flexibility index (Phi) is 5.82. The zero-order valence-corrected chi connectivity index (χ0v) is 11.9. The minimum atomic E-state index is -0.337. The highest BCUT2D eigenvalue weighted by Crippen LogP contribution is 2.16. The maximum Gasteiger partial charge on any atom is 0.274 e. The van der Waals surface area contributed by atoms with Crippen LogP contribution < -0.4 is 11.1 Å². The van der Waals surface area contributed by atoms with Crippen LogP contribution in [-0.4, -0.2) is 33.9 Å². The van der Waals surface area contributed by atoms with E-state index in [4.69, 9.17) is 5.73 Å². The number of rotatable bonds is 7. The maximum absolute atomic E-state index is 12.0. The van der Waals surface area contributed by atoms with Crippen LogP contribution >= 0.6 is 0 Å². The zero-order valence-electron chi connectivity index (χ0n) is 11.9. The lowest BCUT2D eigenvalue weighted by molar-refractivity contribution is 0.0904. The molecule has 0 spiro atoms. The zero-order chi connectivity index (χ0) is 14.4.